The predicted octanol–water partition coefficient (Wildman–Crippen LogP) is 4.58. The maximum atomic E-state index is 14.6. The van der Waals surface area contributed by atoms with E-state index in [-0.39, 0.29) is 25.5 Å². The highest BCUT2D eigenvalue weighted by Gasteiger charge is 2.62. The minimum Gasteiger partial charge on any atom is -0.496 e. The lowest BCUT2D eigenvalue weighted by Crippen LogP contribution is -2.58. The summed E-state index contributed by atoms with van der Waals surface area (Å²) in [6.45, 7) is 10.8. The minimum absolute atomic E-state index is 0.0265. The molecule has 1 aromatic heterocycles. The zero-order valence-electron chi connectivity index (χ0n) is 33.3. The number of carbonyl (C=O) groups excluding carboxylic acids is 4. The lowest BCUT2D eigenvalue weighted by Gasteiger charge is -2.30. The molecule has 5 atom stereocenters. The van der Waals surface area contributed by atoms with E-state index in [0.717, 1.165) is 18.4 Å². The van der Waals surface area contributed by atoms with Crippen molar-refractivity contribution < 1.29 is 46.5 Å². The molecule has 16 heteroatoms. The number of hydrogen-bond donors (Lipinski definition) is 3. The fraction of sp³-hybridized carbons (Fsp3) is 0.625. The number of nitrogens with one attached hydrogen (secondary N) is 3. The third-order valence-electron chi connectivity index (χ3n) is 10.5. The molecule has 2 aliphatic carbocycles. The van der Waals surface area contributed by atoms with Gasteiger partial charge in [-0.25, -0.2) is 18.2 Å². The molecular weight excluding hydrogens is 743 g/mol. The van der Waals surface area contributed by atoms with Crippen LogP contribution >= 0.6 is 0 Å². The normalized spacial score (nSPS) is 26.0. The van der Waals surface area contributed by atoms with Crippen LogP contribution in [0.2, 0.25) is 0 Å². The molecule has 56 heavy (non-hydrogen) atoms. The second kappa shape index (κ2) is 16.1. The van der Waals surface area contributed by atoms with Gasteiger partial charge in [-0.05, 0) is 92.2 Å². The number of allylic oxidation sites excluding steroid dienone is 1. The molecule has 5 unspecified atom stereocenters. The van der Waals surface area contributed by atoms with Gasteiger partial charge in [-0.15, -0.1) is 0 Å². The number of pyridine rings is 1. The number of ether oxygens (including phenoxy) is 4. The smallest absolute Gasteiger partial charge is 0.408 e. The van der Waals surface area contributed by atoms with E-state index in [1.165, 1.54) is 4.90 Å². The highest BCUT2D eigenvalue weighted by molar-refractivity contribution is 7.91. The van der Waals surface area contributed by atoms with Crippen LogP contribution in [0.15, 0.2) is 30.4 Å². The largest absolute Gasteiger partial charge is 0.496 e. The number of aryl methyl sites for hydroxylation is 1. The van der Waals surface area contributed by atoms with E-state index in [2.05, 4.69) is 15.4 Å². The molecule has 3 fully saturated rings. The van der Waals surface area contributed by atoms with Crippen molar-refractivity contribution in [2.45, 2.75) is 140 Å². The molecule has 3 heterocycles. The van der Waals surface area contributed by atoms with Crippen molar-refractivity contribution in [3.05, 3.63) is 35.9 Å². The summed E-state index contributed by atoms with van der Waals surface area (Å²) in [7, 11) is -2.33. The number of sulfonamides is 1. The summed E-state index contributed by atoms with van der Waals surface area (Å²) in [5.41, 5.74) is -0.958. The van der Waals surface area contributed by atoms with Gasteiger partial charge in [0, 0.05) is 29.4 Å². The molecule has 0 radical (unpaired) electrons. The van der Waals surface area contributed by atoms with Crippen molar-refractivity contribution in [2.24, 2.45) is 5.92 Å². The molecule has 3 N–H and O–H groups in total. The fourth-order valence-electron chi connectivity index (χ4n) is 7.45. The molecule has 306 valence electrons. The van der Waals surface area contributed by atoms with Crippen LogP contribution in [0, 0.1) is 12.8 Å². The van der Waals surface area contributed by atoms with Crippen LogP contribution in [-0.2, 0) is 29.1 Å². The molecule has 2 aromatic rings. The van der Waals surface area contributed by atoms with E-state index in [1.54, 1.807) is 33.9 Å². The highest BCUT2D eigenvalue weighted by atomic mass is 32.2. The van der Waals surface area contributed by atoms with Crippen LogP contribution in [0.1, 0.15) is 98.0 Å². The number of benzene rings is 1. The number of rotatable bonds is 9. The summed E-state index contributed by atoms with van der Waals surface area (Å²) >= 11 is 0. The number of carbonyl (C=O) groups is 4. The van der Waals surface area contributed by atoms with Gasteiger partial charge in [0.1, 0.15) is 40.8 Å². The lowest BCUT2D eigenvalue weighted by atomic mass is 10.0. The molecule has 4 aliphatic rings. The molecule has 2 aliphatic heterocycles. The molecule has 0 bridgehead atoms. The van der Waals surface area contributed by atoms with Crippen molar-refractivity contribution in [3.63, 3.8) is 0 Å². The van der Waals surface area contributed by atoms with Gasteiger partial charge in [0.15, 0.2) is 0 Å². The van der Waals surface area contributed by atoms with Gasteiger partial charge in [-0.3, -0.25) is 19.1 Å². The van der Waals surface area contributed by atoms with Crippen molar-refractivity contribution in [1.82, 2.24) is 25.2 Å². The Kier molecular flexibility index (Phi) is 11.8. The Morgan fingerprint density at radius 2 is 1.82 bits per heavy atom. The van der Waals surface area contributed by atoms with E-state index < -0.39 is 74.3 Å². The lowest BCUT2D eigenvalue weighted by molar-refractivity contribution is -0.141. The third-order valence-corrected chi connectivity index (χ3v) is 12.3. The number of hydrogen-bond acceptors (Lipinski definition) is 11. The Labute approximate surface area is 328 Å². The Balaban J connectivity index is 1.35. The summed E-state index contributed by atoms with van der Waals surface area (Å²) in [5, 5.41) is 5.68. The van der Waals surface area contributed by atoms with Crippen molar-refractivity contribution in [2.75, 3.05) is 13.7 Å². The number of fused-ring (bicyclic) bond motifs is 3. The molecule has 0 spiro atoms. The summed E-state index contributed by atoms with van der Waals surface area (Å²) < 4.78 is 51.7. The predicted molar refractivity (Wildman–Crippen MR) is 208 cm³/mol. The maximum Gasteiger partial charge on any atom is 0.408 e. The van der Waals surface area contributed by atoms with Crippen LogP contribution in [-0.4, -0.2) is 96.5 Å². The topological polar surface area (TPSA) is 192 Å². The molecule has 2 saturated carbocycles. The summed E-state index contributed by atoms with van der Waals surface area (Å²) in [4.78, 5) is 62.0. The third kappa shape index (κ3) is 9.32. The van der Waals surface area contributed by atoms with Crippen LogP contribution in [0.5, 0.6) is 17.4 Å². The Hall–Kier alpha value is -4.60. The first-order valence-corrected chi connectivity index (χ1v) is 21.1. The van der Waals surface area contributed by atoms with Crippen molar-refractivity contribution >= 4 is 44.7 Å². The first-order valence-electron chi connectivity index (χ1n) is 19.6. The Morgan fingerprint density at radius 3 is 2.50 bits per heavy atom. The highest BCUT2D eigenvalue weighted by Crippen LogP contribution is 2.46. The van der Waals surface area contributed by atoms with E-state index in [4.69, 9.17) is 23.9 Å². The van der Waals surface area contributed by atoms with E-state index in [9.17, 15) is 27.6 Å². The minimum atomic E-state index is -3.90. The number of methoxy groups -OCH3 is 1. The van der Waals surface area contributed by atoms with Gasteiger partial charge >= 0.3 is 6.09 Å². The number of alkyl carbamates (subject to hydrolysis) is 1. The molecule has 6 rings (SSSR count). The fourth-order valence-corrected chi connectivity index (χ4v) is 8.82. The van der Waals surface area contributed by atoms with Gasteiger partial charge in [0.2, 0.25) is 27.7 Å². The average molecular weight is 798 g/mol. The van der Waals surface area contributed by atoms with Crippen molar-refractivity contribution in [3.8, 4) is 17.4 Å². The van der Waals surface area contributed by atoms with E-state index >= 15 is 0 Å². The summed E-state index contributed by atoms with van der Waals surface area (Å²) in [6, 6.07) is 3.18. The van der Waals surface area contributed by atoms with Gasteiger partial charge < -0.3 is 34.5 Å². The van der Waals surface area contributed by atoms with Crippen LogP contribution in [0.3, 0.4) is 0 Å². The van der Waals surface area contributed by atoms with Crippen LogP contribution in [0.4, 0.5) is 4.79 Å². The average Bonchev–Trinajstić information content (AvgIpc) is 4.03. The van der Waals surface area contributed by atoms with E-state index in [0.29, 0.717) is 60.4 Å². The second-order valence-electron chi connectivity index (χ2n) is 16.6. The van der Waals surface area contributed by atoms with Crippen LogP contribution in [0.25, 0.3) is 10.9 Å². The Bertz CT molecular complexity index is 1990. The number of aromatic nitrogens is 1. The zero-order valence-corrected chi connectivity index (χ0v) is 34.1. The molecule has 4 amide bonds. The first-order chi connectivity index (χ1) is 26.4. The number of nitrogens with zero attached hydrogens (tertiary/aromatic N) is 2. The van der Waals surface area contributed by atoms with Gasteiger partial charge in [-0.1, -0.05) is 25.0 Å². The molecule has 1 aromatic carbocycles. The summed E-state index contributed by atoms with van der Waals surface area (Å²) in [6.07, 6.45) is 6.47. The second-order valence-corrected chi connectivity index (χ2v) is 18.6. The summed E-state index contributed by atoms with van der Waals surface area (Å²) in [5.74, 6) is -0.982. The monoisotopic (exact) mass is 797 g/mol. The molecule has 1 saturated heterocycles. The molecule has 15 nitrogen and oxygen atoms in total. The van der Waals surface area contributed by atoms with Gasteiger partial charge in [-0.2, -0.15) is 0 Å². The van der Waals surface area contributed by atoms with Crippen molar-refractivity contribution in [1.29, 1.82) is 0 Å². The zero-order chi connectivity index (χ0) is 40.6. The number of amides is 4. The standard InChI is InChI=1S/C40H55N5O10S/c1-23(2)53-33-20-32(28-17-18-31(52-7)24(3)34(28)42-33)54-26-19-30-35(46)43-40(37(48)44-56(50,51)27-15-16-27)21-25(40)13-11-9-8-10-12-14-29(36(47)45(30)22-26)41-38(49)55-39(4,5)6/h11,13,17-18,20,23,25-27,29-30H,8-10,12,14-16,19,21-22H2,1-7H3,(H,41,49)(H,43,46)(H,44,48). The van der Waals surface area contributed by atoms with Gasteiger partial charge in [0.25, 0.3) is 5.91 Å². The van der Waals surface area contributed by atoms with E-state index in [1.807, 2.05) is 45.1 Å². The Morgan fingerprint density at radius 1 is 1.07 bits per heavy atom. The van der Waals surface area contributed by atoms with Gasteiger partial charge in [0.05, 0.1) is 30.5 Å². The quantitative estimate of drug-likeness (QED) is 0.301. The van der Waals surface area contributed by atoms with Crippen LogP contribution < -0.4 is 29.6 Å². The first kappa shape index (κ1) is 41.0. The molecular formula is C40H55N5O10S. The maximum absolute atomic E-state index is 14.6. The SMILES string of the molecule is COc1ccc2c(OC3CC4C(=O)NC5(C(=O)NS(=O)(=O)C6CC6)CC5C=CCCCCCC(NC(=O)OC(C)(C)C)C(=O)N4C3)cc(OC(C)C)nc2c1C.